The Hall–Kier alpha value is -4.00. The molecule has 0 aliphatic rings. The molecule has 7 heteroatoms. The number of nitro benzene ring substituents is 1. The van der Waals surface area contributed by atoms with Gasteiger partial charge in [-0.2, -0.15) is 4.98 Å². The zero-order valence-corrected chi connectivity index (χ0v) is 18.1. The maximum absolute atomic E-state index is 13.0. The molecule has 0 radical (unpaired) electrons. The Labute approximate surface area is 185 Å². The number of hydrogen-bond acceptors (Lipinski definition) is 5. The molecule has 4 aromatic rings. The molecule has 32 heavy (non-hydrogen) atoms. The molecule has 0 N–H and O–H groups in total. The predicted octanol–water partition coefficient (Wildman–Crippen LogP) is 5.15. The summed E-state index contributed by atoms with van der Waals surface area (Å²) in [7, 11) is 1.60. The number of nitro groups is 1. The number of nitrogens with zero attached hydrogens (tertiary/aromatic N) is 3. The van der Waals surface area contributed by atoms with Crippen LogP contribution in [0.2, 0.25) is 0 Å². The van der Waals surface area contributed by atoms with Crippen LogP contribution >= 0.6 is 0 Å². The highest BCUT2D eigenvalue weighted by molar-refractivity contribution is 5.93. The molecule has 0 aliphatic heterocycles. The van der Waals surface area contributed by atoms with Crippen LogP contribution in [0, 0.1) is 10.1 Å². The quantitative estimate of drug-likeness (QED) is 0.312. The third kappa shape index (κ3) is 4.09. The molecule has 0 atom stereocenters. The summed E-state index contributed by atoms with van der Waals surface area (Å²) >= 11 is 0. The maximum Gasteiger partial charge on any atom is 0.348 e. The average molecular weight is 429 g/mol. The van der Waals surface area contributed by atoms with Gasteiger partial charge in [0.2, 0.25) is 0 Å². The van der Waals surface area contributed by atoms with E-state index in [1.165, 1.54) is 17.7 Å². The fraction of sp³-hybridized carbons (Fsp3) is 0.200. The number of aromatic nitrogens is 2. The summed E-state index contributed by atoms with van der Waals surface area (Å²) in [5.74, 6) is 1.07. The van der Waals surface area contributed by atoms with Crippen LogP contribution in [0.4, 0.5) is 5.69 Å². The van der Waals surface area contributed by atoms with E-state index in [4.69, 9.17) is 4.74 Å². The second-order valence-corrected chi connectivity index (χ2v) is 7.91. The molecule has 0 unspecified atom stereocenters. The number of methoxy groups -OCH3 is 1. The minimum absolute atomic E-state index is 0.00834. The topological polar surface area (TPSA) is 87.3 Å². The van der Waals surface area contributed by atoms with Crippen LogP contribution in [-0.4, -0.2) is 21.6 Å². The lowest BCUT2D eigenvalue weighted by Crippen LogP contribution is -2.24. The summed E-state index contributed by atoms with van der Waals surface area (Å²) in [4.78, 5) is 27.9. The first-order chi connectivity index (χ1) is 15.4. The molecule has 4 rings (SSSR count). The van der Waals surface area contributed by atoms with Crippen molar-refractivity contribution in [1.82, 2.24) is 9.55 Å². The lowest BCUT2D eigenvalue weighted by molar-refractivity contribution is -0.384. The fourth-order valence-corrected chi connectivity index (χ4v) is 3.69. The molecule has 0 saturated heterocycles. The molecular weight excluding hydrogens is 406 g/mol. The van der Waals surface area contributed by atoms with Crippen molar-refractivity contribution in [2.75, 3.05) is 7.11 Å². The van der Waals surface area contributed by atoms with Crippen molar-refractivity contribution in [3.8, 4) is 17.0 Å². The highest BCUT2D eigenvalue weighted by Crippen LogP contribution is 2.30. The van der Waals surface area contributed by atoms with Crippen LogP contribution < -0.4 is 10.4 Å². The first-order valence-corrected chi connectivity index (χ1v) is 10.3. The summed E-state index contributed by atoms with van der Waals surface area (Å²) in [6.07, 6.45) is 0. The number of rotatable bonds is 6. The predicted molar refractivity (Wildman–Crippen MR) is 124 cm³/mol. The molecule has 0 bridgehead atoms. The van der Waals surface area contributed by atoms with E-state index in [9.17, 15) is 14.9 Å². The van der Waals surface area contributed by atoms with E-state index in [0.29, 0.717) is 22.9 Å². The molecule has 0 saturated carbocycles. The molecule has 1 heterocycles. The molecule has 0 aliphatic carbocycles. The van der Waals surface area contributed by atoms with Gasteiger partial charge in [-0.3, -0.25) is 14.7 Å². The highest BCUT2D eigenvalue weighted by Gasteiger charge is 2.15. The van der Waals surface area contributed by atoms with Crippen molar-refractivity contribution in [2.24, 2.45) is 0 Å². The summed E-state index contributed by atoms with van der Waals surface area (Å²) in [5, 5.41) is 11.7. The van der Waals surface area contributed by atoms with Crippen LogP contribution in [0.15, 0.2) is 71.5 Å². The highest BCUT2D eigenvalue weighted by atomic mass is 16.6. The van der Waals surface area contributed by atoms with Crippen molar-refractivity contribution >= 4 is 16.6 Å². The third-order valence-corrected chi connectivity index (χ3v) is 5.53. The van der Waals surface area contributed by atoms with E-state index in [2.05, 4.69) is 31.0 Å². The van der Waals surface area contributed by atoms with Crippen LogP contribution in [-0.2, 0) is 6.54 Å². The molecule has 7 nitrogen and oxygen atoms in total. The van der Waals surface area contributed by atoms with Crippen LogP contribution in [0.3, 0.4) is 0 Å². The van der Waals surface area contributed by atoms with Gasteiger partial charge in [0, 0.05) is 23.1 Å². The SMILES string of the molecule is COc1ccc2c(c1)c(-c1ccc(C(C)C)cc1)nc(=O)n2Cc1ccc([N+](=O)[O-])cc1. The van der Waals surface area contributed by atoms with E-state index in [1.54, 1.807) is 29.9 Å². The van der Waals surface area contributed by atoms with Crippen LogP contribution in [0.1, 0.15) is 30.9 Å². The molecule has 1 aromatic heterocycles. The Balaban J connectivity index is 1.85. The lowest BCUT2D eigenvalue weighted by Gasteiger charge is -2.14. The Morgan fingerprint density at radius 2 is 1.72 bits per heavy atom. The zero-order chi connectivity index (χ0) is 22.8. The average Bonchev–Trinajstić information content (AvgIpc) is 2.80. The summed E-state index contributed by atoms with van der Waals surface area (Å²) in [5.41, 5.74) is 3.77. The molecule has 0 fully saturated rings. The van der Waals surface area contributed by atoms with Gasteiger partial charge in [0.15, 0.2) is 0 Å². The van der Waals surface area contributed by atoms with E-state index in [-0.39, 0.29) is 17.9 Å². The minimum Gasteiger partial charge on any atom is -0.497 e. The largest absolute Gasteiger partial charge is 0.497 e. The molecule has 162 valence electrons. The second-order valence-electron chi connectivity index (χ2n) is 7.91. The maximum atomic E-state index is 13.0. The summed E-state index contributed by atoms with van der Waals surface area (Å²) in [6.45, 7) is 4.51. The van der Waals surface area contributed by atoms with Crippen LogP contribution in [0.25, 0.3) is 22.2 Å². The normalized spacial score (nSPS) is 11.1. The summed E-state index contributed by atoms with van der Waals surface area (Å²) < 4.78 is 6.98. The Bertz CT molecular complexity index is 1340. The van der Waals surface area contributed by atoms with Crippen molar-refractivity contribution in [2.45, 2.75) is 26.3 Å². The van der Waals surface area contributed by atoms with Crippen molar-refractivity contribution < 1.29 is 9.66 Å². The molecule has 0 spiro atoms. The number of fused-ring (bicyclic) bond motifs is 1. The van der Waals surface area contributed by atoms with Gasteiger partial charge in [0.1, 0.15) is 5.75 Å². The van der Waals surface area contributed by atoms with E-state index < -0.39 is 4.92 Å². The van der Waals surface area contributed by atoms with Gasteiger partial charge in [-0.25, -0.2) is 4.79 Å². The number of ether oxygens (including phenoxy) is 1. The smallest absolute Gasteiger partial charge is 0.348 e. The van der Waals surface area contributed by atoms with Gasteiger partial charge in [-0.15, -0.1) is 0 Å². The Morgan fingerprint density at radius 3 is 2.31 bits per heavy atom. The Kier molecular flexibility index (Phi) is 5.73. The van der Waals surface area contributed by atoms with Crippen molar-refractivity contribution in [3.05, 3.63) is 98.5 Å². The first-order valence-electron chi connectivity index (χ1n) is 10.3. The third-order valence-electron chi connectivity index (χ3n) is 5.53. The van der Waals surface area contributed by atoms with Gasteiger partial charge >= 0.3 is 5.69 Å². The molecule has 0 amide bonds. The zero-order valence-electron chi connectivity index (χ0n) is 18.1. The minimum atomic E-state index is -0.446. The monoisotopic (exact) mass is 429 g/mol. The van der Waals surface area contributed by atoms with Crippen molar-refractivity contribution in [1.29, 1.82) is 0 Å². The van der Waals surface area contributed by atoms with Gasteiger partial charge in [0.25, 0.3) is 5.69 Å². The first kappa shape index (κ1) is 21.2. The number of benzene rings is 3. The molecular formula is C25H23N3O4. The van der Waals surface area contributed by atoms with E-state index in [1.807, 2.05) is 24.3 Å². The molecule has 3 aromatic carbocycles. The standard InChI is InChI=1S/C25H23N3O4/c1-16(2)18-6-8-19(9-7-18)24-22-14-21(32-3)12-13-23(22)27(25(29)26-24)15-17-4-10-20(11-5-17)28(30)31/h4-14,16H,15H2,1-3H3. The van der Waals surface area contributed by atoms with Gasteiger partial charge in [-0.05, 0) is 35.2 Å². The van der Waals surface area contributed by atoms with Gasteiger partial charge in [-0.1, -0.05) is 50.2 Å². The Morgan fingerprint density at radius 1 is 1.03 bits per heavy atom. The van der Waals surface area contributed by atoms with E-state index >= 15 is 0 Å². The lowest BCUT2D eigenvalue weighted by atomic mass is 9.99. The number of non-ortho nitro benzene ring substituents is 1. The van der Waals surface area contributed by atoms with Gasteiger partial charge < -0.3 is 4.74 Å². The number of hydrogen-bond donors (Lipinski definition) is 0. The fourth-order valence-electron chi connectivity index (χ4n) is 3.69. The van der Waals surface area contributed by atoms with E-state index in [0.717, 1.165) is 16.5 Å². The summed E-state index contributed by atoms with van der Waals surface area (Å²) in [6, 6.07) is 19.8. The van der Waals surface area contributed by atoms with Gasteiger partial charge in [0.05, 0.1) is 29.8 Å². The second kappa shape index (κ2) is 8.63. The van der Waals surface area contributed by atoms with Crippen molar-refractivity contribution in [3.63, 3.8) is 0 Å². The van der Waals surface area contributed by atoms with Crippen LogP contribution in [0.5, 0.6) is 5.75 Å².